The maximum absolute atomic E-state index is 2.17. The van der Waals surface area contributed by atoms with Gasteiger partial charge >= 0.3 is 0 Å². The normalized spacial score (nSPS) is 6.20. The van der Waals surface area contributed by atoms with Crippen LogP contribution >= 0.6 is 0 Å². The quantitative estimate of drug-likeness (QED) is 0.541. The molecular weight excluding hydrogens is 260 g/mol. The molecule has 0 aliphatic heterocycles. The first-order valence-electron chi connectivity index (χ1n) is 3.65. The van der Waals surface area contributed by atoms with Gasteiger partial charge in [-0.05, 0) is 35.2 Å². The van der Waals surface area contributed by atoms with Crippen LogP contribution in [0.4, 0.5) is 0 Å². The molecule has 0 aromatic carbocycles. The van der Waals surface area contributed by atoms with Crippen molar-refractivity contribution < 1.29 is 32.7 Å². The summed E-state index contributed by atoms with van der Waals surface area (Å²) in [6.45, 7) is 5.02. The van der Waals surface area contributed by atoms with Crippen LogP contribution < -0.4 is 0 Å². The average Bonchev–Trinajstić information content (AvgIpc) is 1.63. The number of hydrogen-bond donors (Lipinski definition) is 0. The van der Waals surface area contributed by atoms with Gasteiger partial charge in [-0.3, -0.25) is 0 Å². The molecule has 0 rings (SSSR count). The summed E-state index contributed by atoms with van der Waals surface area (Å²) in [6.07, 6.45) is 0. The third-order valence-electron chi connectivity index (χ3n) is 1.03. The molecule has 15 heavy (non-hydrogen) atoms. The Hall–Kier alpha value is 1.09. The van der Waals surface area contributed by atoms with Crippen LogP contribution in [-0.4, -0.2) is 51.8 Å². The first kappa shape index (κ1) is 44.3. The SMILES string of the molecule is C.C.CB(C)N(C)C.CN(C)C.[CH3-].[CH3-].[Y]. The van der Waals surface area contributed by atoms with Crippen LogP contribution in [0.15, 0.2) is 0 Å². The van der Waals surface area contributed by atoms with Crippen LogP contribution in [0.5, 0.6) is 0 Å². The first-order chi connectivity index (χ1) is 4.37. The predicted molar refractivity (Wildman–Crippen MR) is 77.1 cm³/mol. The van der Waals surface area contributed by atoms with Crippen molar-refractivity contribution in [3.63, 3.8) is 0 Å². The maximum atomic E-state index is 2.17. The van der Waals surface area contributed by atoms with Gasteiger partial charge in [0.05, 0.1) is 0 Å². The zero-order valence-corrected chi connectivity index (χ0v) is 13.9. The second-order valence-electron chi connectivity index (χ2n) is 3.40. The fourth-order valence-corrected chi connectivity index (χ4v) is 0. The van der Waals surface area contributed by atoms with E-state index in [4.69, 9.17) is 0 Å². The van der Waals surface area contributed by atoms with E-state index < -0.39 is 0 Å². The third kappa shape index (κ3) is 99.8. The van der Waals surface area contributed by atoms with Gasteiger partial charge in [0.25, 0.3) is 0 Å². The molecule has 2 nitrogen and oxygen atoms in total. The fraction of sp³-hybridized carbons (Fsp3) is 0.818. The Labute approximate surface area is 127 Å². The van der Waals surface area contributed by atoms with Crippen LogP contribution in [0.25, 0.3) is 0 Å². The summed E-state index contributed by atoms with van der Waals surface area (Å²) in [5, 5.41) is 0. The Balaban J connectivity index is -0.0000000133. The molecule has 0 aromatic rings. The van der Waals surface area contributed by atoms with Crippen molar-refractivity contribution in [3.05, 3.63) is 14.9 Å². The molecule has 0 heterocycles. The Kier molecular flexibility index (Phi) is 87.0. The zero-order chi connectivity index (χ0) is 8.73. The Morgan fingerprint density at radius 3 is 0.800 bits per heavy atom. The Bertz CT molecular complexity index is 60.9. The predicted octanol–water partition coefficient (Wildman–Crippen LogP) is 3.15. The largest absolute Gasteiger partial charge is 0.358 e. The molecule has 0 bridgehead atoms. The Morgan fingerprint density at radius 1 is 0.733 bits per heavy atom. The van der Waals surface area contributed by atoms with Crippen LogP contribution in [0.3, 0.4) is 0 Å². The van der Waals surface area contributed by atoms with Gasteiger partial charge in [-0.2, -0.15) is 0 Å². The minimum Gasteiger partial charge on any atom is -0.358 e. The van der Waals surface area contributed by atoms with Crippen molar-refractivity contribution >= 4 is 6.85 Å². The minimum absolute atomic E-state index is 0. The summed E-state index contributed by atoms with van der Waals surface area (Å²) in [7, 11) is 10.1. The van der Waals surface area contributed by atoms with E-state index >= 15 is 0 Å². The van der Waals surface area contributed by atoms with Gasteiger partial charge in [0.2, 0.25) is 6.85 Å². The molecule has 0 N–H and O–H groups in total. The molecule has 0 amide bonds. The molecule has 0 unspecified atom stereocenters. The van der Waals surface area contributed by atoms with Crippen LogP contribution in [-0.2, 0) is 32.7 Å². The van der Waals surface area contributed by atoms with Crippen molar-refractivity contribution in [3.8, 4) is 0 Å². The van der Waals surface area contributed by atoms with Crippen molar-refractivity contribution in [2.24, 2.45) is 0 Å². The van der Waals surface area contributed by atoms with Gasteiger partial charge in [-0.1, -0.05) is 28.5 Å². The molecule has 4 heteroatoms. The second kappa shape index (κ2) is 29.4. The smallest absolute Gasteiger partial charge is 0.216 e. The molecule has 0 fully saturated rings. The van der Waals surface area contributed by atoms with Gasteiger partial charge in [0.1, 0.15) is 0 Å². The monoisotopic (exact) mass is 295 g/mol. The fourth-order valence-electron chi connectivity index (χ4n) is 0. The van der Waals surface area contributed by atoms with E-state index in [9.17, 15) is 0 Å². The Morgan fingerprint density at radius 2 is 0.800 bits per heavy atom. The van der Waals surface area contributed by atoms with E-state index in [0.29, 0.717) is 6.85 Å². The number of rotatable bonds is 1. The van der Waals surface area contributed by atoms with Crippen molar-refractivity contribution in [1.29, 1.82) is 0 Å². The molecule has 0 aliphatic rings. The van der Waals surface area contributed by atoms with Gasteiger partial charge in [-0.25, -0.2) is 0 Å². The van der Waals surface area contributed by atoms with Gasteiger partial charge < -0.3 is 24.6 Å². The van der Waals surface area contributed by atoms with Crippen LogP contribution in [0, 0.1) is 14.9 Å². The van der Waals surface area contributed by atoms with E-state index in [0.717, 1.165) is 0 Å². The maximum Gasteiger partial charge on any atom is 0.216 e. The summed E-state index contributed by atoms with van der Waals surface area (Å²) in [5.74, 6) is 0. The molecule has 0 aliphatic carbocycles. The van der Waals surface area contributed by atoms with E-state index in [2.05, 4.69) is 32.6 Å². The van der Waals surface area contributed by atoms with Crippen LogP contribution in [0.2, 0.25) is 13.6 Å². The van der Waals surface area contributed by atoms with Crippen molar-refractivity contribution in [2.45, 2.75) is 28.5 Å². The van der Waals surface area contributed by atoms with E-state index in [1.54, 1.807) is 0 Å². The van der Waals surface area contributed by atoms with E-state index in [-0.39, 0.29) is 62.4 Å². The summed E-state index contributed by atoms with van der Waals surface area (Å²) in [6, 6.07) is 0. The second-order valence-corrected chi connectivity index (χ2v) is 3.40. The number of nitrogens with zero attached hydrogens (tertiary/aromatic N) is 2. The minimum atomic E-state index is 0. The molecule has 0 saturated carbocycles. The van der Waals surface area contributed by atoms with E-state index in [1.165, 1.54) is 0 Å². The van der Waals surface area contributed by atoms with Gasteiger partial charge in [0, 0.05) is 32.7 Å². The first-order valence-corrected chi connectivity index (χ1v) is 3.65. The molecule has 1 radical (unpaired) electrons. The van der Waals surface area contributed by atoms with E-state index in [1.807, 2.05) is 26.0 Å². The molecule has 0 spiro atoms. The standard InChI is InChI=1S/C4H12BN.C3H9N.2CH4.2CH3.Y/c1-5(2)6(3)4;1-4(2)3;;;;;/h1-4H3;1-3H3;2*1H4;2*1H3;/q;;;;2*-1;. The van der Waals surface area contributed by atoms with Gasteiger partial charge in [-0.15, -0.1) is 0 Å². The molecule has 0 aromatic heterocycles. The summed E-state index contributed by atoms with van der Waals surface area (Å²) in [4.78, 5) is 4.17. The average molecular weight is 295 g/mol. The third-order valence-corrected chi connectivity index (χ3v) is 1.03. The topological polar surface area (TPSA) is 6.48 Å². The summed E-state index contributed by atoms with van der Waals surface area (Å²) >= 11 is 0. The molecular formula is C11H35BN2Y-2. The van der Waals surface area contributed by atoms with Crippen LogP contribution in [0.1, 0.15) is 14.9 Å². The molecule has 0 atom stereocenters. The summed E-state index contributed by atoms with van der Waals surface area (Å²) < 4.78 is 0. The molecule has 97 valence electrons. The zero-order valence-electron chi connectivity index (χ0n) is 11.0. The van der Waals surface area contributed by atoms with Crippen molar-refractivity contribution in [1.82, 2.24) is 9.71 Å². The molecule has 0 saturated heterocycles. The van der Waals surface area contributed by atoms with Gasteiger partial charge in [0.15, 0.2) is 0 Å². The summed E-state index contributed by atoms with van der Waals surface area (Å²) in [5.41, 5.74) is 0. The number of hydrogen-bond acceptors (Lipinski definition) is 2. The van der Waals surface area contributed by atoms with Crippen molar-refractivity contribution in [2.75, 3.05) is 35.2 Å².